The molecule has 1 atom stereocenters. The van der Waals surface area contributed by atoms with E-state index in [0.717, 1.165) is 9.87 Å². The Bertz CT molecular complexity index is 1680. The van der Waals surface area contributed by atoms with E-state index in [4.69, 9.17) is 4.74 Å². The number of benzene rings is 4. The van der Waals surface area contributed by atoms with Crippen LogP contribution in [-0.4, -0.2) is 51.4 Å². The SMILES string of the molecule is COc1ccccc1N(CC(=O)N(Cc1ccccc1F)C(Cc1ccccc1)C(=O)NCC(C)C)S(=O)(=O)c1ccccc1. The van der Waals surface area contributed by atoms with Crippen LogP contribution in [-0.2, 0) is 32.6 Å². The topological polar surface area (TPSA) is 96.0 Å². The van der Waals surface area contributed by atoms with Gasteiger partial charge < -0.3 is 15.0 Å². The monoisotopic (exact) mass is 631 g/mol. The Balaban J connectivity index is 1.83. The molecule has 4 aromatic carbocycles. The summed E-state index contributed by atoms with van der Waals surface area (Å²) in [6, 6.07) is 28.4. The Morgan fingerprint density at radius 2 is 1.44 bits per heavy atom. The number of sulfonamides is 1. The summed E-state index contributed by atoms with van der Waals surface area (Å²) in [5.74, 6) is -1.29. The van der Waals surface area contributed by atoms with Gasteiger partial charge in [-0.3, -0.25) is 13.9 Å². The fraction of sp³-hybridized carbons (Fsp3) is 0.257. The molecule has 8 nitrogen and oxygen atoms in total. The molecule has 2 amide bonds. The fourth-order valence-corrected chi connectivity index (χ4v) is 6.30. The molecule has 0 radical (unpaired) electrons. The number of para-hydroxylation sites is 2. The molecule has 4 aromatic rings. The summed E-state index contributed by atoms with van der Waals surface area (Å²) >= 11 is 0. The molecule has 0 bridgehead atoms. The van der Waals surface area contributed by atoms with Crippen molar-refractivity contribution in [2.75, 3.05) is 24.5 Å². The number of amides is 2. The lowest BCUT2D eigenvalue weighted by molar-refractivity contribution is -0.140. The van der Waals surface area contributed by atoms with Gasteiger partial charge in [-0.1, -0.05) is 92.7 Å². The highest BCUT2D eigenvalue weighted by Crippen LogP contribution is 2.32. The lowest BCUT2D eigenvalue weighted by atomic mass is 10.0. The summed E-state index contributed by atoms with van der Waals surface area (Å²) in [6.07, 6.45) is 0.130. The quantitative estimate of drug-likeness (QED) is 0.200. The number of carbonyl (C=O) groups is 2. The normalized spacial score (nSPS) is 11.9. The molecule has 0 aromatic heterocycles. The summed E-state index contributed by atoms with van der Waals surface area (Å²) in [5, 5.41) is 2.92. The van der Waals surface area contributed by atoms with Crippen molar-refractivity contribution < 1.29 is 27.1 Å². The third-order valence-electron chi connectivity index (χ3n) is 7.22. The lowest BCUT2D eigenvalue weighted by Crippen LogP contribution is -2.53. The van der Waals surface area contributed by atoms with Gasteiger partial charge in [0.05, 0.1) is 17.7 Å². The van der Waals surface area contributed by atoms with Crippen molar-refractivity contribution >= 4 is 27.5 Å². The fourth-order valence-electron chi connectivity index (χ4n) is 4.86. The van der Waals surface area contributed by atoms with Gasteiger partial charge in [-0.15, -0.1) is 0 Å². The molecule has 0 saturated heterocycles. The van der Waals surface area contributed by atoms with E-state index in [1.807, 2.05) is 44.2 Å². The highest BCUT2D eigenvalue weighted by Gasteiger charge is 2.35. The van der Waals surface area contributed by atoms with E-state index in [-0.39, 0.29) is 40.8 Å². The van der Waals surface area contributed by atoms with Gasteiger partial charge in [-0.2, -0.15) is 0 Å². The molecule has 0 fully saturated rings. The van der Waals surface area contributed by atoms with E-state index in [0.29, 0.717) is 6.54 Å². The number of hydrogen-bond donors (Lipinski definition) is 1. The Hall–Kier alpha value is -4.70. The van der Waals surface area contributed by atoms with Crippen LogP contribution in [0.15, 0.2) is 114 Å². The van der Waals surface area contributed by atoms with Crippen LogP contribution in [0.25, 0.3) is 0 Å². The first-order valence-electron chi connectivity index (χ1n) is 14.7. The minimum absolute atomic E-state index is 0.0279. The zero-order valence-electron chi connectivity index (χ0n) is 25.6. The van der Waals surface area contributed by atoms with Crippen LogP contribution in [0.1, 0.15) is 25.0 Å². The van der Waals surface area contributed by atoms with Crippen LogP contribution in [0.4, 0.5) is 10.1 Å². The van der Waals surface area contributed by atoms with Crippen molar-refractivity contribution in [1.29, 1.82) is 0 Å². The van der Waals surface area contributed by atoms with Crippen molar-refractivity contribution in [3.63, 3.8) is 0 Å². The third kappa shape index (κ3) is 8.48. The summed E-state index contributed by atoms with van der Waals surface area (Å²) < 4.78 is 49.7. The summed E-state index contributed by atoms with van der Waals surface area (Å²) in [6.45, 7) is 3.34. The van der Waals surface area contributed by atoms with Crippen molar-refractivity contribution in [2.45, 2.75) is 37.8 Å². The molecule has 0 aliphatic rings. The second kappa shape index (κ2) is 15.3. The Kier molecular flexibility index (Phi) is 11.3. The van der Waals surface area contributed by atoms with E-state index in [9.17, 15) is 18.0 Å². The third-order valence-corrected chi connectivity index (χ3v) is 8.99. The largest absolute Gasteiger partial charge is 0.495 e. The van der Waals surface area contributed by atoms with Gasteiger partial charge in [0.2, 0.25) is 11.8 Å². The maximum atomic E-state index is 15.0. The molecule has 0 spiro atoms. The first kappa shape index (κ1) is 33.2. The predicted octanol–water partition coefficient (Wildman–Crippen LogP) is 5.44. The van der Waals surface area contributed by atoms with Crippen LogP contribution in [0.3, 0.4) is 0 Å². The maximum Gasteiger partial charge on any atom is 0.264 e. The molecule has 1 N–H and O–H groups in total. The van der Waals surface area contributed by atoms with Gasteiger partial charge in [-0.25, -0.2) is 12.8 Å². The number of hydrogen-bond acceptors (Lipinski definition) is 5. The minimum Gasteiger partial charge on any atom is -0.495 e. The van der Waals surface area contributed by atoms with Crippen molar-refractivity contribution in [2.24, 2.45) is 5.92 Å². The summed E-state index contributed by atoms with van der Waals surface area (Å²) in [4.78, 5) is 29.5. The molecule has 0 saturated carbocycles. The second-order valence-electron chi connectivity index (χ2n) is 11.0. The van der Waals surface area contributed by atoms with Crippen LogP contribution in [0, 0.1) is 11.7 Å². The zero-order chi connectivity index (χ0) is 32.4. The van der Waals surface area contributed by atoms with Crippen molar-refractivity contribution in [1.82, 2.24) is 10.2 Å². The zero-order valence-corrected chi connectivity index (χ0v) is 26.4. The molecule has 45 heavy (non-hydrogen) atoms. The molecule has 236 valence electrons. The Labute approximate surface area is 264 Å². The van der Waals surface area contributed by atoms with Gasteiger partial charge in [0.25, 0.3) is 10.0 Å². The average molecular weight is 632 g/mol. The van der Waals surface area contributed by atoms with Gasteiger partial charge in [0.15, 0.2) is 0 Å². The van der Waals surface area contributed by atoms with Crippen molar-refractivity contribution in [3.8, 4) is 5.75 Å². The number of carbonyl (C=O) groups excluding carboxylic acids is 2. The van der Waals surface area contributed by atoms with E-state index >= 15 is 4.39 Å². The Morgan fingerprint density at radius 1 is 0.844 bits per heavy atom. The van der Waals surface area contributed by atoms with Crippen molar-refractivity contribution in [3.05, 3.63) is 126 Å². The molecule has 0 heterocycles. The van der Waals surface area contributed by atoms with E-state index in [2.05, 4.69) is 5.32 Å². The van der Waals surface area contributed by atoms with E-state index < -0.39 is 40.2 Å². The summed E-state index contributed by atoms with van der Waals surface area (Å²) in [7, 11) is -2.88. The highest BCUT2D eigenvalue weighted by atomic mass is 32.2. The van der Waals surface area contributed by atoms with E-state index in [1.165, 1.54) is 36.3 Å². The van der Waals surface area contributed by atoms with Gasteiger partial charge >= 0.3 is 0 Å². The number of anilines is 1. The van der Waals surface area contributed by atoms with Gasteiger partial charge in [0, 0.05) is 25.1 Å². The second-order valence-corrected chi connectivity index (χ2v) is 12.8. The molecule has 0 aliphatic heterocycles. The molecule has 0 aliphatic carbocycles. The standard InChI is InChI=1S/C35H38FN3O5S/c1-26(2)23-37-35(41)32(22-27-14-6-4-7-15-27)38(24-28-16-10-11-19-30(28)36)34(40)25-39(31-20-12-13-21-33(31)44-3)45(42,43)29-17-8-5-9-18-29/h4-21,26,32H,22-25H2,1-3H3,(H,37,41). The van der Waals surface area contributed by atoms with Crippen LogP contribution < -0.4 is 14.4 Å². The molecule has 10 heteroatoms. The number of methoxy groups -OCH3 is 1. The summed E-state index contributed by atoms with van der Waals surface area (Å²) in [5.41, 5.74) is 1.12. The first-order chi connectivity index (χ1) is 21.6. The van der Waals surface area contributed by atoms with Crippen LogP contribution >= 0.6 is 0 Å². The smallest absolute Gasteiger partial charge is 0.264 e. The highest BCUT2D eigenvalue weighted by molar-refractivity contribution is 7.92. The molecular weight excluding hydrogens is 593 g/mol. The number of halogens is 1. The average Bonchev–Trinajstić information content (AvgIpc) is 3.05. The number of ether oxygens (including phenoxy) is 1. The molecule has 4 rings (SSSR count). The first-order valence-corrected chi connectivity index (χ1v) is 16.1. The van der Waals surface area contributed by atoms with Crippen LogP contribution in [0.5, 0.6) is 5.75 Å². The van der Waals surface area contributed by atoms with Crippen LogP contribution in [0.2, 0.25) is 0 Å². The number of rotatable bonds is 14. The number of nitrogens with zero attached hydrogens (tertiary/aromatic N) is 2. The van der Waals surface area contributed by atoms with E-state index in [1.54, 1.807) is 54.6 Å². The van der Waals surface area contributed by atoms with Gasteiger partial charge in [-0.05, 0) is 41.8 Å². The maximum absolute atomic E-state index is 15.0. The number of nitrogens with one attached hydrogen (secondary N) is 1. The van der Waals surface area contributed by atoms with Gasteiger partial charge in [0.1, 0.15) is 24.2 Å². The minimum atomic E-state index is -4.29. The molecule has 1 unspecified atom stereocenters. The Morgan fingerprint density at radius 3 is 2.09 bits per heavy atom. The predicted molar refractivity (Wildman–Crippen MR) is 173 cm³/mol. The molecular formula is C35H38FN3O5S. The lowest BCUT2D eigenvalue weighted by Gasteiger charge is -2.34.